The van der Waals surface area contributed by atoms with Crippen LogP contribution in [-0.2, 0) is 4.79 Å². The van der Waals surface area contributed by atoms with Crippen LogP contribution in [0.25, 0.3) is 0 Å². The lowest BCUT2D eigenvalue weighted by Gasteiger charge is -2.04. The van der Waals surface area contributed by atoms with E-state index in [1.165, 1.54) is 12.8 Å². The molecule has 0 amide bonds. The zero-order valence-corrected chi connectivity index (χ0v) is 11.5. The minimum Gasteiger partial charge on any atom is -0.478 e. The summed E-state index contributed by atoms with van der Waals surface area (Å²) in [4.78, 5) is 11.1. The molecule has 0 bridgehead atoms. The molecule has 102 valence electrons. The molecule has 0 spiro atoms. The average molecular weight is 251 g/mol. The number of unbranched alkanes of at least 4 members (excludes halogenated alkanes) is 2. The highest BCUT2D eigenvalue weighted by atomic mass is 16.4. The van der Waals surface area contributed by atoms with Gasteiger partial charge in [-0.1, -0.05) is 49.6 Å². The van der Waals surface area contributed by atoms with Gasteiger partial charge >= 0.3 is 5.97 Å². The fourth-order valence-electron chi connectivity index (χ4n) is 1.57. The van der Waals surface area contributed by atoms with E-state index in [0.717, 1.165) is 12.0 Å². The number of allylic oxidation sites excluding steroid dienone is 4. The predicted molar refractivity (Wildman–Crippen MR) is 76.4 cm³/mol. The quantitative estimate of drug-likeness (QED) is 0.375. The van der Waals surface area contributed by atoms with Crippen LogP contribution in [0.2, 0.25) is 0 Å². The Bertz CT molecular complexity index is 327. The van der Waals surface area contributed by atoms with E-state index in [4.69, 9.17) is 10.8 Å². The monoisotopic (exact) mass is 251 g/mol. The van der Waals surface area contributed by atoms with Gasteiger partial charge in [0.25, 0.3) is 0 Å². The maximum absolute atomic E-state index is 11.1. The molecule has 3 nitrogen and oxygen atoms in total. The van der Waals surface area contributed by atoms with Crippen LogP contribution in [0.3, 0.4) is 0 Å². The Hall–Kier alpha value is -1.35. The molecule has 0 unspecified atom stereocenters. The molecule has 0 heterocycles. The van der Waals surface area contributed by atoms with Crippen LogP contribution in [0.4, 0.5) is 0 Å². The van der Waals surface area contributed by atoms with E-state index in [9.17, 15) is 4.79 Å². The van der Waals surface area contributed by atoms with Crippen LogP contribution in [-0.4, -0.2) is 17.6 Å². The van der Waals surface area contributed by atoms with Gasteiger partial charge < -0.3 is 10.8 Å². The van der Waals surface area contributed by atoms with Gasteiger partial charge in [-0.3, -0.25) is 0 Å². The standard InChI is InChI=1S/C15H25NO2/c1-3-4-5-6-7-8-9-10-14(15(17)18)13(2)11-12-16/h6-9H,3-5,10-12,16H2,1-2H3,(H,17,18). The SMILES string of the molecule is CCCCC=CC=CCC(C(=O)O)=C(C)CCN. The van der Waals surface area contributed by atoms with E-state index in [-0.39, 0.29) is 0 Å². The Morgan fingerprint density at radius 2 is 1.94 bits per heavy atom. The zero-order valence-electron chi connectivity index (χ0n) is 11.5. The molecule has 0 aromatic rings. The second kappa shape index (κ2) is 10.8. The molecular formula is C15H25NO2. The number of carboxylic acid groups (broad SMARTS) is 1. The normalized spacial score (nSPS) is 13.3. The van der Waals surface area contributed by atoms with Crippen molar-refractivity contribution >= 4 is 5.97 Å². The fraction of sp³-hybridized carbons (Fsp3) is 0.533. The van der Waals surface area contributed by atoms with Crippen LogP contribution in [0.1, 0.15) is 46.0 Å². The highest BCUT2D eigenvalue weighted by molar-refractivity contribution is 5.87. The molecular weight excluding hydrogens is 226 g/mol. The number of nitrogens with two attached hydrogens (primary N) is 1. The fourth-order valence-corrected chi connectivity index (χ4v) is 1.57. The second-order valence-electron chi connectivity index (χ2n) is 4.31. The highest BCUT2D eigenvalue weighted by Crippen LogP contribution is 2.12. The van der Waals surface area contributed by atoms with Crippen molar-refractivity contribution in [2.75, 3.05) is 6.54 Å². The van der Waals surface area contributed by atoms with E-state index in [2.05, 4.69) is 13.0 Å². The van der Waals surface area contributed by atoms with E-state index < -0.39 is 5.97 Å². The number of aliphatic carboxylic acids is 1. The summed E-state index contributed by atoms with van der Waals surface area (Å²) >= 11 is 0. The van der Waals surface area contributed by atoms with Gasteiger partial charge in [-0.15, -0.1) is 0 Å². The molecule has 0 fully saturated rings. The predicted octanol–water partition coefficient (Wildman–Crippen LogP) is 3.43. The molecule has 0 aliphatic heterocycles. The first kappa shape index (κ1) is 16.6. The summed E-state index contributed by atoms with van der Waals surface area (Å²) in [6.45, 7) is 4.48. The summed E-state index contributed by atoms with van der Waals surface area (Å²) in [5.74, 6) is -0.847. The maximum Gasteiger partial charge on any atom is 0.331 e. The summed E-state index contributed by atoms with van der Waals surface area (Å²) in [5.41, 5.74) is 6.76. The Morgan fingerprint density at radius 1 is 1.28 bits per heavy atom. The Kier molecular flexibility index (Phi) is 9.97. The van der Waals surface area contributed by atoms with E-state index in [1.54, 1.807) is 0 Å². The Morgan fingerprint density at radius 3 is 2.50 bits per heavy atom. The van der Waals surface area contributed by atoms with Gasteiger partial charge in [0.15, 0.2) is 0 Å². The molecule has 0 atom stereocenters. The number of carbonyl (C=O) groups is 1. The first-order valence-electron chi connectivity index (χ1n) is 6.57. The summed E-state index contributed by atoms with van der Waals surface area (Å²) in [6, 6.07) is 0. The Labute approximate surface area is 110 Å². The van der Waals surface area contributed by atoms with E-state index in [1.807, 2.05) is 25.2 Å². The largest absolute Gasteiger partial charge is 0.478 e. The van der Waals surface area contributed by atoms with Gasteiger partial charge in [-0.2, -0.15) is 0 Å². The van der Waals surface area contributed by atoms with Crippen LogP contribution in [0.5, 0.6) is 0 Å². The van der Waals surface area contributed by atoms with Gasteiger partial charge in [-0.05, 0) is 32.7 Å². The lowest BCUT2D eigenvalue weighted by molar-refractivity contribution is -0.132. The van der Waals surface area contributed by atoms with Gasteiger partial charge in [0.2, 0.25) is 0 Å². The minimum atomic E-state index is -0.847. The number of hydrogen-bond acceptors (Lipinski definition) is 2. The van der Waals surface area contributed by atoms with Crippen LogP contribution in [0, 0.1) is 0 Å². The molecule has 0 aliphatic rings. The molecule has 0 radical (unpaired) electrons. The number of hydrogen-bond donors (Lipinski definition) is 2. The minimum absolute atomic E-state index is 0.457. The third kappa shape index (κ3) is 7.85. The smallest absolute Gasteiger partial charge is 0.331 e. The van der Waals surface area contributed by atoms with Crippen molar-refractivity contribution in [1.29, 1.82) is 0 Å². The molecule has 0 aromatic carbocycles. The zero-order chi connectivity index (χ0) is 13.8. The summed E-state index contributed by atoms with van der Waals surface area (Å²) in [7, 11) is 0. The third-order valence-electron chi connectivity index (χ3n) is 2.72. The van der Waals surface area contributed by atoms with Crippen molar-refractivity contribution in [3.63, 3.8) is 0 Å². The van der Waals surface area contributed by atoms with Crippen molar-refractivity contribution in [2.45, 2.75) is 46.0 Å². The number of carboxylic acids is 1. The second-order valence-corrected chi connectivity index (χ2v) is 4.31. The van der Waals surface area contributed by atoms with Gasteiger partial charge in [-0.25, -0.2) is 4.79 Å². The first-order chi connectivity index (χ1) is 8.63. The van der Waals surface area contributed by atoms with Gasteiger partial charge in [0.05, 0.1) is 0 Å². The highest BCUT2D eigenvalue weighted by Gasteiger charge is 2.08. The molecule has 0 saturated heterocycles. The average Bonchev–Trinajstić information content (AvgIpc) is 2.32. The van der Waals surface area contributed by atoms with Crippen LogP contribution in [0.15, 0.2) is 35.5 Å². The molecule has 0 saturated carbocycles. The van der Waals surface area contributed by atoms with Crippen molar-refractivity contribution in [3.05, 3.63) is 35.5 Å². The van der Waals surface area contributed by atoms with Crippen molar-refractivity contribution < 1.29 is 9.90 Å². The third-order valence-corrected chi connectivity index (χ3v) is 2.72. The summed E-state index contributed by atoms with van der Waals surface area (Å²) < 4.78 is 0. The lowest BCUT2D eigenvalue weighted by Crippen LogP contribution is -2.06. The van der Waals surface area contributed by atoms with Crippen LogP contribution < -0.4 is 5.73 Å². The topological polar surface area (TPSA) is 63.3 Å². The molecule has 3 N–H and O–H groups in total. The van der Waals surface area contributed by atoms with Gasteiger partial charge in [0, 0.05) is 5.57 Å². The van der Waals surface area contributed by atoms with Crippen molar-refractivity contribution in [3.8, 4) is 0 Å². The molecule has 3 heteroatoms. The molecule has 0 rings (SSSR count). The Balaban J connectivity index is 4.28. The summed E-state index contributed by atoms with van der Waals surface area (Å²) in [5, 5.41) is 9.09. The molecule has 18 heavy (non-hydrogen) atoms. The van der Waals surface area contributed by atoms with Gasteiger partial charge in [0.1, 0.15) is 0 Å². The van der Waals surface area contributed by atoms with Crippen molar-refractivity contribution in [1.82, 2.24) is 0 Å². The lowest BCUT2D eigenvalue weighted by atomic mass is 10.0. The summed E-state index contributed by atoms with van der Waals surface area (Å²) in [6.07, 6.45) is 12.4. The maximum atomic E-state index is 11.1. The number of rotatable bonds is 9. The van der Waals surface area contributed by atoms with Crippen molar-refractivity contribution in [2.24, 2.45) is 5.73 Å². The van der Waals surface area contributed by atoms with E-state index in [0.29, 0.717) is 25.0 Å². The molecule has 0 aromatic heterocycles. The van der Waals surface area contributed by atoms with Crippen LogP contribution >= 0.6 is 0 Å². The first-order valence-corrected chi connectivity index (χ1v) is 6.57. The molecule has 0 aliphatic carbocycles. The van der Waals surface area contributed by atoms with E-state index >= 15 is 0 Å².